The van der Waals surface area contributed by atoms with E-state index in [1.54, 1.807) is 23.6 Å². The molecule has 26 heavy (non-hydrogen) atoms. The molecule has 1 aliphatic rings. The maximum Gasteiger partial charge on any atom is 0.271 e. The van der Waals surface area contributed by atoms with Crippen molar-refractivity contribution >= 4 is 28.9 Å². The molecule has 0 atom stereocenters. The van der Waals surface area contributed by atoms with Crippen molar-refractivity contribution in [3.63, 3.8) is 0 Å². The molecule has 5 nitrogen and oxygen atoms in total. The smallest absolute Gasteiger partial charge is 0.271 e. The molecule has 0 unspecified atom stereocenters. The van der Waals surface area contributed by atoms with Crippen LogP contribution in [0.15, 0.2) is 64.4 Å². The number of hydrogen-bond acceptors (Lipinski definition) is 5. The molecule has 0 N–H and O–H groups in total. The summed E-state index contributed by atoms with van der Waals surface area (Å²) in [5.74, 6) is 0.0392. The molecular weight excluding hydrogens is 346 g/mol. The Labute approximate surface area is 154 Å². The highest BCUT2D eigenvalue weighted by Gasteiger charge is 2.16. The molecule has 2 heterocycles. The third-order valence-corrected chi connectivity index (χ3v) is 5.36. The van der Waals surface area contributed by atoms with Crippen LogP contribution in [0, 0.1) is 0 Å². The second-order valence-corrected chi connectivity index (χ2v) is 7.13. The molecule has 0 amide bonds. The molecule has 3 aromatic rings. The quantitative estimate of drug-likeness (QED) is 0.669. The first-order valence-electron chi connectivity index (χ1n) is 8.29. The number of carbonyl (C=O) groups excluding carboxylic acids is 1. The molecular formula is C20H17N3O2S. The van der Waals surface area contributed by atoms with Gasteiger partial charge in [0.2, 0.25) is 0 Å². The van der Waals surface area contributed by atoms with Gasteiger partial charge in [-0.3, -0.25) is 14.2 Å². The molecule has 0 radical (unpaired) electrons. The molecule has 130 valence electrons. The number of anilines is 1. The van der Waals surface area contributed by atoms with Gasteiger partial charge in [0, 0.05) is 11.3 Å². The lowest BCUT2D eigenvalue weighted by molar-refractivity contribution is 0.101. The minimum Gasteiger partial charge on any atom is -0.334 e. The van der Waals surface area contributed by atoms with Gasteiger partial charge in [-0.05, 0) is 42.8 Å². The van der Waals surface area contributed by atoms with Crippen molar-refractivity contribution in [2.75, 3.05) is 11.6 Å². The number of nitrogens with zero attached hydrogens (tertiary/aromatic N) is 3. The molecule has 6 heteroatoms. The van der Waals surface area contributed by atoms with Crippen molar-refractivity contribution in [1.82, 2.24) is 4.57 Å². The molecule has 1 aromatic heterocycles. The molecule has 2 aromatic carbocycles. The molecule has 0 fully saturated rings. The molecule has 0 saturated heterocycles. The lowest BCUT2D eigenvalue weighted by Crippen LogP contribution is -2.42. The van der Waals surface area contributed by atoms with Crippen molar-refractivity contribution in [2.45, 2.75) is 13.6 Å². The predicted octanol–water partition coefficient (Wildman–Crippen LogP) is 2.00. The minimum atomic E-state index is -0.0253. The van der Waals surface area contributed by atoms with E-state index in [-0.39, 0.29) is 11.3 Å². The first-order chi connectivity index (χ1) is 12.6. The van der Waals surface area contributed by atoms with Crippen LogP contribution < -0.4 is 19.8 Å². The van der Waals surface area contributed by atoms with Gasteiger partial charge in [0.25, 0.3) is 5.56 Å². The van der Waals surface area contributed by atoms with E-state index in [2.05, 4.69) is 4.99 Å². The van der Waals surface area contributed by atoms with Crippen molar-refractivity contribution in [2.24, 2.45) is 4.99 Å². The Morgan fingerprint density at radius 3 is 2.54 bits per heavy atom. The number of carbonyl (C=O) groups is 1. The third kappa shape index (κ3) is 3.11. The van der Waals surface area contributed by atoms with Crippen LogP contribution in [0.4, 0.5) is 5.69 Å². The summed E-state index contributed by atoms with van der Waals surface area (Å²) in [7, 11) is 0. The van der Waals surface area contributed by atoms with Gasteiger partial charge in [-0.1, -0.05) is 41.7 Å². The highest BCUT2D eigenvalue weighted by Crippen LogP contribution is 2.17. The van der Waals surface area contributed by atoms with Crippen LogP contribution in [-0.4, -0.2) is 17.0 Å². The van der Waals surface area contributed by atoms with E-state index in [1.165, 1.54) is 11.3 Å². The number of aromatic nitrogens is 1. The summed E-state index contributed by atoms with van der Waals surface area (Å²) in [4.78, 5) is 31.5. The van der Waals surface area contributed by atoms with E-state index in [0.717, 1.165) is 16.1 Å². The molecule has 4 rings (SSSR count). The molecule has 0 spiro atoms. The summed E-state index contributed by atoms with van der Waals surface area (Å²) in [5, 5.41) is 0. The number of rotatable bonds is 3. The minimum absolute atomic E-state index is 0.0253. The third-order valence-electron chi connectivity index (χ3n) is 4.31. The highest BCUT2D eigenvalue weighted by atomic mass is 32.1. The van der Waals surface area contributed by atoms with Crippen molar-refractivity contribution in [3.8, 4) is 0 Å². The average Bonchev–Trinajstić information content (AvgIpc) is 2.98. The SMILES string of the molecule is CC(=O)c1ccc(N2CN=c3sc(=Cc4ccccc4)c(=O)n3C2)cc1. The van der Waals surface area contributed by atoms with Crippen LogP contribution in [0.1, 0.15) is 22.8 Å². The zero-order chi connectivity index (χ0) is 18.1. The number of Topliss-reactive ketones (excluding diaryl/α,β-unsaturated/α-hetero) is 1. The second kappa shape index (κ2) is 6.72. The fraction of sp³-hybridized carbons (Fsp3) is 0.150. The Morgan fingerprint density at radius 1 is 1.12 bits per heavy atom. The van der Waals surface area contributed by atoms with Crippen molar-refractivity contribution in [3.05, 3.63) is 85.4 Å². The Morgan fingerprint density at radius 2 is 1.85 bits per heavy atom. The van der Waals surface area contributed by atoms with Crippen LogP contribution >= 0.6 is 11.3 Å². The number of thiazole rings is 1. The van der Waals surface area contributed by atoms with E-state index >= 15 is 0 Å². The van der Waals surface area contributed by atoms with Crippen LogP contribution in [0.25, 0.3) is 6.08 Å². The van der Waals surface area contributed by atoms with Gasteiger partial charge in [0.1, 0.15) is 13.3 Å². The fourth-order valence-electron chi connectivity index (χ4n) is 2.88. The maximum atomic E-state index is 12.7. The summed E-state index contributed by atoms with van der Waals surface area (Å²) in [5.41, 5.74) is 2.59. The second-order valence-electron chi connectivity index (χ2n) is 6.12. The largest absolute Gasteiger partial charge is 0.334 e. The van der Waals surface area contributed by atoms with Crippen molar-refractivity contribution in [1.29, 1.82) is 0 Å². The monoisotopic (exact) mass is 363 g/mol. The molecule has 1 aliphatic heterocycles. The molecule has 0 aliphatic carbocycles. The van der Waals surface area contributed by atoms with Crippen molar-refractivity contribution < 1.29 is 4.79 Å². The zero-order valence-corrected chi connectivity index (χ0v) is 15.1. The summed E-state index contributed by atoms with van der Waals surface area (Å²) >= 11 is 1.42. The lowest BCUT2D eigenvalue weighted by atomic mass is 10.1. The molecule has 0 bridgehead atoms. The van der Waals surface area contributed by atoms with Crippen LogP contribution in [0.3, 0.4) is 0 Å². The Kier molecular flexibility index (Phi) is 4.26. The van der Waals surface area contributed by atoms with Gasteiger partial charge in [0.05, 0.1) is 4.53 Å². The number of fused-ring (bicyclic) bond motifs is 1. The van der Waals surface area contributed by atoms with E-state index < -0.39 is 0 Å². The molecule has 0 saturated carbocycles. The fourth-order valence-corrected chi connectivity index (χ4v) is 3.85. The summed E-state index contributed by atoms with van der Waals surface area (Å²) in [6, 6.07) is 17.2. The van der Waals surface area contributed by atoms with Crippen LogP contribution in [0.5, 0.6) is 0 Å². The van der Waals surface area contributed by atoms with Gasteiger partial charge in [0.15, 0.2) is 10.6 Å². The van der Waals surface area contributed by atoms with E-state index in [0.29, 0.717) is 23.4 Å². The Hall–Kier alpha value is -2.99. The Balaban J connectivity index is 1.66. The number of benzene rings is 2. The van der Waals surface area contributed by atoms with Gasteiger partial charge < -0.3 is 4.90 Å². The lowest BCUT2D eigenvalue weighted by Gasteiger charge is -2.25. The standard InChI is InChI=1S/C20H17N3O2S/c1-14(24)16-7-9-17(10-8-16)22-12-21-20-23(13-22)19(25)18(26-20)11-15-5-3-2-4-6-15/h2-11H,12-13H2,1H3. The predicted molar refractivity (Wildman–Crippen MR) is 103 cm³/mol. The average molecular weight is 363 g/mol. The van der Waals surface area contributed by atoms with Gasteiger partial charge >= 0.3 is 0 Å². The maximum absolute atomic E-state index is 12.7. The first-order valence-corrected chi connectivity index (χ1v) is 9.10. The summed E-state index contributed by atoms with van der Waals surface area (Å²) in [6.07, 6.45) is 1.90. The number of hydrogen-bond donors (Lipinski definition) is 0. The normalized spacial score (nSPS) is 14.0. The topological polar surface area (TPSA) is 54.7 Å². The summed E-state index contributed by atoms with van der Waals surface area (Å²) in [6.45, 7) is 2.49. The van der Waals surface area contributed by atoms with Gasteiger partial charge in [-0.15, -0.1) is 0 Å². The van der Waals surface area contributed by atoms with E-state index in [1.807, 2.05) is 53.4 Å². The van der Waals surface area contributed by atoms with E-state index in [4.69, 9.17) is 0 Å². The highest BCUT2D eigenvalue weighted by molar-refractivity contribution is 7.07. The first kappa shape index (κ1) is 16.5. The van der Waals surface area contributed by atoms with E-state index in [9.17, 15) is 9.59 Å². The van der Waals surface area contributed by atoms with Gasteiger partial charge in [-0.2, -0.15) is 0 Å². The van der Waals surface area contributed by atoms with Crippen LogP contribution in [0.2, 0.25) is 0 Å². The number of ketones is 1. The van der Waals surface area contributed by atoms with Crippen LogP contribution in [-0.2, 0) is 6.67 Å². The van der Waals surface area contributed by atoms with Gasteiger partial charge in [-0.25, -0.2) is 4.99 Å². The zero-order valence-electron chi connectivity index (χ0n) is 14.3. The summed E-state index contributed by atoms with van der Waals surface area (Å²) < 4.78 is 2.38. The Bertz CT molecular complexity index is 1130.